The first kappa shape index (κ1) is 8.25. The van der Waals surface area contributed by atoms with Gasteiger partial charge in [-0.3, -0.25) is 0 Å². The number of halogens is 1. The number of pyridine rings is 1. The van der Waals surface area contributed by atoms with E-state index in [1.807, 2.05) is 18.2 Å². The molecule has 0 saturated heterocycles. The molecule has 0 unspecified atom stereocenters. The molecular formula is C8H7BrN4. The second-order valence-corrected chi connectivity index (χ2v) is 3.34. The lowest BCUT2D eigenvalue weighted by atomic mass is 10.3. The molecule has 2 rings (SSSR count). The largest absolute Gasteiger partial charge is 0.369 e. The fourth-order valence-electron chi connectivity index (χ4n) is 1.03. The van der Waals surface area contributed by atoms with Crippen molar-refractivity contribution in [2.45, 2.75) is 0 Å². The number of nitrogens with zero attached hydrogens (tertiary/aromatic N) is 2. The summed E-state index contributed by atoms with van der Waals surface area (Å²) in [6, 6.07) is 5.66. The molecule has 2 aromatic rings. The molecule has 0 aliphatic rings. The number of H-pyrrole nitrogens is 1. The van der Waals surface area contributed by atoms with Crippen molar-refractivity contribution in [3.8, 4) is 11.4 Å². The first-order valence-electron chi connectivity index (χ1n) is 3.69. The van der Waals surface area contributed by atoms with Crippen molar-refractivity contribution in [3.63, 3.8) is 0 Å². The van der Waals surface area contributed by atoms with Crippen molar-refractivity contribution < 1.29 is 0 Å². The molecule has 0 radical (unpaired) electrons. The normalized spacial score (nSPS) is 10.2. The number of rotatable bonds is 1. The Labute approximate surface area is 83.3 Å². The Bertz CT molecular complexity index is 424. The van der Waals surface area contributed by atoms with Crippen molar-refractivity contribution in [2.24, 2.45) is 0 Å². The number of nitrogen functional groups attached to an aromatic ring is 1. The maximum atomic E-state index is 5.45. The SMILES string of the molecule is Nc1ncc(-c2cccc(Br)n2)[nH]1. The van der Waals surface area contributed by atoms with Crippen LogP contribution in [0.4, 0.5) is 5.95 Å². The van der Waals surface area contributed by atoms with Gasteiger partial charge in [0.05, 0.1) is 17.6 Å². The van der Waals surface area contributed by atoms with E-state index in [0.717, 1.165) is 16.0 Å². The Balaban J connectivity index is 2.46. The lowest BCUT2D eigenvalue weighted by molar-refractivity contribution is 1.25. The van der Waals surface area contributed by atoms with Gasteiger partial charge in [-0.2, -0.15) is 0 Å². The number of imidazole rings is 1. The second-order valence-electron chi connectivity index (χ2n) is 2.53. The van der Waals surface area contributed by atoms with Crippen molar-refractivity contribution in [1.29, 1.82) is 0 Å². The monoisotopic (exact) mass is 238 g/mol. The Kier molecular flexibility index (Phi) is 2.02. The molecule has 0 atom stereocenters. The van der Waals surface area contributed by atoms with E-state index < -0.39 is 0 Å². The van der Waals surface area contributed by atoms with Gasteiger partial charge < -0.3 is 10.7 Å². The fraction of sp³-hybridized carbons (Fsp3) is 0. The zero-order chi connectivity index (χ0) is 9.26. The topological polar surface area (TPSA) is 67.6 Å². The summed E-state index contributed by atoms with van der Waals surface area (Å²) in [4.78, 5) is 11.0. The molecule has 0 aromatic carbocycles. The molecule has 0 aliphatic carbocycles. The van der Waals surface area contributed by atoms with Crippen LogP contribution in [-0.2, 0) is 0 Å². The van der Waals surface area contributed by atoms with Crippen molar-refractivity contribution in [3.05, 3.63) is 29.0 Å². The third kappa shape index (κ3) is 1.70. The summed E-state index contributed by atoms with van der Waals surface area (Å²) in [7, 11) is 0. The average Bonchev–Trinajstić information content (AvgIpc) is 2.52. The molecule has 5 heteroatoms. The van der Waals surface area contributed by atoms with Crippen LogP contribution in [0.25, 0.3) is 11.4 Å². The van der Waals surface area contributed by atoms with Gasteiger partial charge >= 0.3 is 0 Å². The van der Waals surface area contributed by atoms with E-state index in [9.17, 15) is 0 Å². The Morgan fingerprint density at radius 3 is 2.85 bits per heavy atom. The summed E-state index contributed by atoms with van der Waals surface area (Å²) in [5.41, 5.74) is 7.08. The third-order valence-electron chi connectivity index (χ3n) is 1.59. The number of aromatic nitrogens is 3. The van der Waals surface area contributed by atoms with E-state index >= 15 is 0 Å². The quantitative estimate of drug-likeness (QED) is 0.745. The molecule has 66 valence electrons. The van der Waals surface area contributed by atoms with Crippen LogP contribution in [0, 0.1) is 0 Å². The number of nitrogens with one attached hydrogen (secondary N) is 1. The highest BCUT2D eigenvalue weighted by Gasteiger charge is 2.01. The zero-order valence-corrected chi connectivity index (χ0v) is 8.25. The van der Waals surface area contributed by atoms with Crippen LogP contribution in [-0.4, -0.2) is 15.0 Å². The number of hydrogen-bond donors (Lipinski definition) is 2. The maximum Gasteiger partial charge on any atom is 0.197 e. The van der Waals surface area contributed by atoms with Gasteiger partial charge in [0, 0.05) is 0 Å². The number of hydrogen-bond acceptors (Lipinski definition) is 3. The van der Waals surface area contributed by atoms with Crippen LogP contribution in [0.15, 0.2) is 29.0 Å². The molecule has 2 aromatic heterocycles. The highest BCUT2D eigenvalue weighted by atomic mass is 79.9. The van der Waals surface area contributed by atoms with Crippen LogP contribution in [0.1, 0.15) is 0 Å². The minimum Gasteiger partial charge on any atom is -0.369 e. The molecule has 0 amide bonds. The number of nitrogens with two attached hydrogens (primary N) is 1. The standard InChI is InChI=1S/C8H7BrN4/c9-7-3-1-2-5(12-7)6-4-11-8(10)13-6/h1-4H,(H3,10,11,13). The van der Waals surface area contributed by atoms with Crippen LogP contribution < -0.4 is 5.73 Å². The molecular weight excluding hydrogens is 232 g/mol. The molecule has 4 nitrogen and oxygen atoms in total. The predicted octanol–water partition coefficient (Wildman–Crippen LogP) is 1.82. The predicted molar refractivity (Wildman–Crippen MR) is 53.9 cm³/mol. The van der Waals surface area contributed by atoms with E-state index in [0.29, 0.717) is 5.95 Å². The average molecular weight is 239 g/mol. The molecule has 3 N–H and O–H groups in total. The van der Waals surface area contributed by atoms with Crippen LogP contribution >= 0.6 is 15.9 Å². The van der Waals surface area contributed by atoms with E-state index in [2.05, 4.69) is 30.9 Å². The van der Waals surface area contributed by atoms with Gasteiger partial charge in [0.2, 0.25) is 0 Å². The maximum absolute atomic E-state index is 5.45. The first-order valence-corrected chi connectivity index (χ1v) is 4.48. The van der Waals surface area contributed by atoms with Gasteiger partial charge in [-0.15, -0.1) is 0 Å². The number of anilines is 1. The lowest BCUT2D eigenvalue weighted by Crippen LogP contribution is -1.87. The van der Waals surface area contributed by atoms with Crippen LogP contribution in [0.5, 0.6) is 0 Å². The molecule has 0 bridgehead atoms. The van der Waals surface area contributed by atoms with Crippen molar-refractivity contribution in [2.75, 3.05) is 5.73 Å². The van der Waals surface area contributed by atoms with E-state index in [1.165, 1.54) is 0 Å². The summed E-state index contributed by atoms with van der Waals surface area (Å²) in [5.74, 6) is 0.400. The van der Waals surface area contributed by atoms with Gasteiger partial charge in [0.1, 0.15) is 4.60 Å². The summed E-state index contributed by atoms with van der Waals surface area (Å²) >= 11 is 3.29. The van der Waals surface area contributed by atoms with E-state index in [-0.39, 0.29) is 0 Å². The fourth-order valence-corrected chi connectivity index (χ4v) is 1.37. The molecule has 2 heterocycles. The minimum atomic E-state index is 0.400. The van der Waals surface area contributed by atoms with Gasteiger partial charge in [-0.05, 0) is 28.1 Å². The summed E-state index contributed by atoms with van der Waals surface area (Å²) in [6.45, 7) is 0. The Morgan fingerprint density at radius 2 is 2.23 bits per heavy atom. The first-order chi connectivity index (χ1) is 6.25. The van der Waals surface area contributed by atoms with E-state index in [1.54, 1.807) is 6.20 Å². The summed E-state index contributed by atoms with van der Waals surface area (Å²) in [5, 5.41) is 0. The molecule has 0 aliphatic heterocycles. The van der Waals surface area contributed by atoms with E-state index in [4.69, 9.17) is 5.73 Å². The van der Waals surface area contributed by atoms with Gasteiger partial charge in [0.25, 0.3) is 0 Å². The summed E-state index contributed by atoms with van der Waals surface area (Å²) in [6.07, 6.45) is 1.66. The summed E-state index contributed by atoms with van der Waals surface area (Å²) < 4.78 is 0.790. The highest BCUT2D eigenvalue weighted by Crippen LogP contribution is 2.17. The number of aromatic amines is 1. The van der Waals surface area contributed by atoms with Crippen molar-refractivity contribution in [1.82, 2.24) is 15.0 Å². The molecule has 13 heavy (non-hydrogen) atoms. The second kappa shape index (κ2) is 3.18. The lowest BCUT2D eigenvalue weighted by Gasteiger charge is -1.95. The van der Waals surface area contributed by atoms with Gasteiger partial charge in [-0.1, -0.05) is 6.07 Å². The Hall–Kier alpha value is -1.36. The minimum absolute atomic E-state index is 0.400. The highest BCUT2D eigenvalue weighted by molar-refractivity contribution is 9.10. The van der Waals surface area contributed by atoms with Crippen LogP contribution in [0.3, 0.4) is 0 Å². The van der Waals surface area contributed by atoms with Gasteiger partial charge in [0.15, 0.2) is 5.95 Å². The van der Waals surface area contributed by atoms with Crippen LogP contribution in [0.2, 0.25) is 0 Å². The smallest absolute Gasteiger partial charge is 0.197 e. The Morgan fingerprint density at radius 1 is 1.38 bits per heavy atom. The zero-order valence-electron chi connectivity index (χ0n) is 6.66. The third-order valence-corrected chi connectivity index (χ3v) is 2.03. The van der Waals surface area contributed by atoms with Crippen molar-refractivity contribution >= 4 is 21.9 Å². The molecule has 0 fully saturated rings. The molecule has 0 saturated carbocycles. The molecule has 0 spiro atoms. The van der Waals surface area contributed by atoms with Gasteiger partial charge in [-0.25, -0.2) is 9.97 Å².